The molecule has 1 aliphatic rings. The molecule has 178 valence electrons. The third-order valence-electron chi connectivity index (χ3n) is 6.22. The largest absolute Gasteiger partial charge is 0.495 e. The van der Waals surface area contributed by atoms with Gasteiger partial charge in [0.05, 0.1) is 24.0 Å². The van der Waals surface area contributed by atoms with Crippen LogP contribution in [0.25, 0.3) is 10.9 Å². The van der Waals surface area contributed by atoms with Gasteiger partial charge in [0.2, 0.25) is 0 Å². The van der Waals surface area contributed by atoms with Crippen molar-refractivity contribution in [1.82, 2.24) is 9.88 Å². The summed E-state index contributed by atoms with van der Waals surface area (Å²) in [5.74, 6) is 0.947. The van der Waals surface area contributed by atoms with Gasteiger partial charge in [0.15, 0.2) is 0 Å². The molecule has 0 aliphatic carbocycles. The van der Waals surface area contributed by atoms with E-state index in [0.29, 0.717) is 12.1 Å². The van der Waals surface area contributed by atoms with Gasteiger partial charge in [-0.15, -0.1) is 0 Å². The molecule has 1 N–H and O–H groups in total. The second-order valence-electron chi connectivity index (χ2n) is 8.41. The Balaban J connectivity index is 1.21. The molecule has 1 aromatic heterocycles. The zero-order valence-electron chi connectivity index (χ0n) is 19.7. The first-order valence-corrected chi connectivity index (χ1v) is 12.6. The van der Waals surface area contributed by atoms with E-state index in [0.717, 1.165) is 59.0 Å². The van der Waals surface area contributed by atoms with E-state index in [1.165, 1.54) is 11.9 Å². The molecule has 2 heterocycles. The highest BCUT2D eigenvalue weighted by molar-refractivity contribution is 8.00. The highest BCUT2D eigenvalue weighted by Crippen LogP contribution is 2.29. The van der Waals surface area contributed by atoms with Crippen LogP contribution in [0.15, 0.2) is 90.0 Å². The molecule has 0 saturated carbocycles. The van der Waals surface area contributed by atoms with Crippen molar-refractivity contribution in [2.75, 3.05) is 42.9 Å². The topological polar surface area (TPSA) is 57.7 Å². The summed E-state index contributed by atoms with van der Waals surface area (Å²) in [6.07, 6.45) is 2.72. The van der Waals surface area contributed by atoms with Gasteiger partial charge in [-0.1, -0.05) is 30.3 Å². The number of methoxy groups -OCH3 is 1. The number of nitrogens with one attached hydrogen (secondary N) is 1. The molecule has 0 atom stereocenters. The average Bonchev–Trinajstić information content (AvgIpc) is 3.18. The summed E-state index contributed by atoms with van der Waals surface area (Å²) in [6, 6.07) is 26.0. The standard InChI is InChI=1S/C28H28N4O2S/c1-34-26-11-3-2-10-25(26)31-17-6-18-32(20-19-31)28(33)22-12-14-23(15-13-22)35-30-24-9-4-7-21-8-5-16-29-27(21)24/h2-5,7-16,30H,6,17-20H2,1H3. The summed E-state index contributed by atoms with van der Waals surface area (Å²) in [5, 5.41) is 1.10. The molecule has 0 spiro atoms. The Morgan fingerprint density at radius 1 is 0.914 bits per heavy atom. The van der Waals surface area contributed by atoms with Crippen LogP contribution < -0.4 is 14.4 Å². The molecule has 1 fully saturated rings. The van der Waals surface area contributed by atoms with Crippen LogP contribution in [-0.4, -0.2) is 49.1 Å². The number of nitrogens with zero attached hydrogens (tertiary/aromatic N) is 3. The number of fused-ring (bicyclic) bond motifs is 1. The molecular weight excluding hydrogens is 456 g/mol. The van der Waals surface area contributed by atoms with Gasteiger partial charge in [0.25, 0.3) is 5.91 Å². The van der Waals surface area contributed by atoms with Gasteiger partial charge >= 0.3 is 0 Å². The maximum absolute atomic E-state index is 13.2. The number of carbonyl (C=O) groups is 1. The number of rotatable bonds is 6. The van der Waals surface area contributed by atoms with E-state index in [1.54, 1.807) is 13.3 Å². The highest BCUT2D eigenvalue weighted by Gasteiger charge is 2.22. The van der Waals surface area contributed by atoms with Crippen LogP contribution in [0.1, 0.15) is 16.8 Å². The summed E-state index contributed by atoms with van der Waals surface area (Å²) in [5.41, 5.74) is 3.71. The third-order valence-corrected chi connectivity index (χ3v) is 7.05. The molecule has 0 radical (unpaired) electrons. The Hall–Kier alpha value is -3.71. The van der Waals surface area contributed by atoms with Crippen molar-refractivity contribution in [2.24, 2.45) is 0 Å². The molecule has 35 heavy (non-hydrogen) atoms. The van der Waals surface area contributed by atoms with Crippen LogP contribution in [-0.2, 0) is 0 Å². The fourth-order valence-corrected chi connectivity index (χ4v) is 5.07. The zero-order chi connectivity index (χ0) is 24.0. The fraction of sp³-hybridized carbons (Fsp3) is 0.214. The lowest BCUT2D eigenvalue weighted by molar-refractivity contribution is 0.0767. The summed E-state index contributed by atoms with van der Waals surface area (Å²) >= 11 is 1.52. The number of para-hydroxylation sites is 3. The normalized spacial score (nSPS) is 14.0. The number of hydrogen-bond donors (Lipinski definition) is 1. The number of amides is 1. The number of aromatic nitrogens is 1. The Labute approximate surface area is 210 Å². The van der Waals surface area contributed by atoms with Crippen molar-refractivity contribution >= 4 is 40.1 Å². The molecule has 0 bridgehead atoms. The van der Waals surface area contributed by atoms with Gasteiger partial charge in [-0.25, -0.2) is 0 Å². The first kappa shape index (κ1) is 23.1. The number of benzene rings is 3. The molecule has 1 amide bonds. The molecule has 1 aliphatic heterocycles. The minimum Gasteiger partial charge on any atom is -0.495 e. The maximum atomic E-state index is 13.2. The minimum absolute atomic E-state index is 0.0784. The van der Waals surface area contributed by atoms with Crippen LogP contribution in [0.5, 0.6) is 5.75 Å². The van der Waals surface area contributed by atoms with Gasteiger partial charge in [-0.3, -0.25) is 9.78 Å². The van der Waals surface area contributed by atoms with Gasteiger partial charge in [0.1, 0.15) is 5.75 Å². The van der Waals surface area contributed by atoms with E-state index in [-0.39, 0.29) is 5.91 Å². The highest BCUT2D eigenvalue weighted by atomic mass is 32.2. The van der Waals surface area contributed by atoms with E-state index < -0.39 is 0 Å². The van der Waals surface area contributed by atoms with Crippen molar-refractivity contribution in [1.29, 1.82) is 0 Å². The van der Waals surface area contributed by atoms with Crippen molar-refractivity contribution in [2.45, 2.75) is 11.3 Å². The predicted molar refractivity (Wildman–Crippen MR) is 143 cm³/mol. The smallest absolute Gasteiger partial charge is 0.253 e. The van der Waals surface area contributed by atoms with Gasteiger partial charge in [0, 0.05) is 48.2 Å². The van der Waals surface area contributed by atoms with Crippen LogP contribution >= 0.6 is 11.9 Å². The fourth-order valence-electron chi connectivity index (χ4n) is 4.40. The Morgan fingerprint density at radius 2 is 1.74 bits per heavy atom. The van der Waals surface area contributed by atoms with E-state index in [9.17, 15) is 4.79 Å². The van der Waals surface area contributed by atoms with Crippen molar-refractivity contribution in [3.05, 3.63) is 90.6 Å². The number of carbonyl (C=O) groups excluding carboxylic acids is 1. The predicted octanol–water partition coefficient (Wildman–Crippen LogP) is 5.72. The summed E-state index contributed by atoms with van der Waals surface area (Å²) in [4.78, 5) is 23.0. The van der Waals surface area contributed by atoms with Crippen molar-refractivity contribution in [3.8, 4) is 5.75 Å². The van der Waals surface area contributed by atoms with Crippen molar-refractivity contribution < 1.29 is 9.53 Å². The van der Waals surface area contributed by atoms with Crippen LogP contribution in [0.4, 0.5) is 11.4 Å². The average molecular weight is 485 g/mol. The molecule has 1 saturated heterocycles. The van der Waals surface area contributed by atoms with Gasteiger partial charge in [-0.2, -0.15) is 0 Å². The maximum Gasteiger partial charge on any atom is 0.253 e. The molecular formula is C28H28N4O2S. The lowest BCUT2D eigenvalue weighted by atomic mass is 10.2. The Bertz CT molecular complexity index is 1310. The first-order valence-electron chi connectivity index (χ1n) is 11.8. The zero-order valence-corrected chi connectivity index (χ0v) is 20.5. The molecule has 6 nitrogen and oxygen atoms in total. The molecule has 3 aromatic carbocycles. The van der Waals surface area contributed by atoms with Crippen LogP contribution in [0, 0.1) is 0 Å². The van der Waals surface area contributed by atoms with Crippen LogP contribution in [0.2, 0.25) is 0 Å². The monoisotopic (exact) mass is 484 g/mol. The summed E-state index contributed by atoms with van der Waals surface area (Å²) in [7, 11) is 1.70. The lowest BCUT2D eigenvalue weighted by Crippen LogP contribution is -2.35. The summed E-state index contributed by atoms with van der Waals surface area (Å²) < 4.78 is 8.93. The van der Waals surface area contributed by atoms with E-state index in [2.05, 4.69) is 32.8 Å². The second kappa shape index (κ2) is 10.7. The number of anilines is 2. The Morgan fingerprint density at radius 3 is 2.60 bits per heavy atom. The minimum atomic E-state index is 0.0784. The van der Waals surface area contributed by atoms with Crippen LogP contribution in [0.3, 0.4) is 0 Å². The SMILES string of the molecule is COc1ccccc1N1CCCN(C(=O)c2ccc(SNc3cccc4cccnc34)cc2)CC1. The first-order chi connectivity index (χ1) is 17.2. The number of hydrogen-bond acceptors (Lipinski definition) is 6. The molecule has 4 aromatic rings. The number of pyridine rings is 1. The second-order valence-corrected chi connectivity index (χ2v) is 9.29. The van der Waals surface area contributed by atoms with Gasteiger partial charge in [-0.05, 0) is 66.9 Å². The lowest BCUT2D eigenvalue weighted by Gasteiger charge is -2.25. The Kier molecular flexibility index (Phi) is 7.04. The third kappa shape index (κ3) is 5.20. The van der Waals surface area contributed by atoms with E-state index >= 15 is 0 Å². The summed E-state index contributed by atoms with van der Waals surface area (Å²) in [6.45, 7) is 3.11. The quantitative estimate of drug-likeness (QED) is 0.354. The molecule has 0 unspecified atom stereocenters. The molecule has 5 rings (SSSR count). The van der Waals surface area contributed by atoms with E-state index in [4.69, 9.17) is 4.74 Å². The number of ether oxygens (including phenoxy) is 1. The molecule has 7 heteroatoms. The van der Waals surface area contributed by atoms with E-state index in [1.807, 2.05) is 65.6 Å². The van der Waals surface area contributed by atoms with Crippen molar-refractivity contribution in [3.63, 3.8) is 0 Å². The van der Waals surface area contributed by atoms with Gasteiger partial charge < -0.3 is 19.3 Å².